The number of nitrogens with one attached hydrogen (secondary N) is 1. The molecule has 0 spiro atoms. The highest BCUT2D eigenvalue weighted by atomic mass is 15.4. The second-order valence-electron chi connectivity index (χ2n) is 10.8. The Balaban J connectivity index is 1.41. The van der Waals surface area contributed by atoms with Gasteiger partial charge in [-0.3, -0.25) is 4.68 Å². The van der Waals surface area contributed by atoms with Gasteiger partial charge >= 0.3 is 0 Å². The monoisotopic (exact) mass is 504 g/mol. The Bertz CT molecular complexity index is 1230. The zero-order chi connectivity index (χ0) is 26.3. The number of aromatic nitrogens is 6. The lowest BCUT2D eigenvalue weighted by Gasteiger charge is -2.30. The first kappa shape index (κ1) is 25.4. The van der Waals surface area contributed by atoms with Crippen LogP contribution >= 0.6 is 0 Å². The number of nitrogens with zero attached hydrogens (tertiary/aromatic N) is 9. The van der Waals surface area contributed by atoms with Gasteiger partial charge in [-0.25, -0.2) is 19.9 Å². The van der Waals surface area contributed by atoms with Crippen molar-refractivity contribution in [3.05, 3.63) is 47.1 Å². The summed E-state index contributed by atoms with van der Waals surface area (Å²) in [7, 11) is 6.34. The third-order valence-electron chi connectivity index (χ3n) is 7.55. The molecule has 10 nitrogen and oxygen atoms in total. The van der Waals surface area contributed by atoms with Crippen molar-refractivity contribution in [3.63, 3.8) is 0 Å². The van der Waals surface area contributed by atoms with Gasteiger partial charge in [-0.15, -0.1) is 0 Å². The quantitative estimate of drug-likeness (QED) is 0.495. The predicted octanol–water partition coefficient (Wildman–Crippen LogP) is 3.40. The maximum absolute atomic E-state index is 5.06. The molecule has 1 N–H and O–H groups in total. The molecule has 10 heteroatoms. The molecule has 0 amide bonds. The first-order valence-corrected chi connectivity index (χ1v) is 13.4. The average Bonchev–Trinajstić information content (AvgIpc) is 3.38. The summed E-state index contributed by atoms with van der Waals surface area (Å²) in [6.45, 7) is 11.3. The van der Waals surface area contributed by atoms with Crippen LogP contribution in [0.5, 0.6) is 0 Å². The fourth-order valence-corrected chi connectivity index (χ4v) is 5.70. The Kier molecular flexibility index (Phi) is 7.02. The molecule has 1 aliphatic carbocycles. The molecule has 2 aliphatic rings. The Morgan fingerprint density at radius 2 is 1.89 bits per heavy atom. The fourth-order valence-electron chi connectivity index (χ4n) is 5.70. The molecular weight excluding hydrogens is 464 g/mol. The zero-order valence-electron chi connectivity index (χ0n) is 23.2. The van der Waals surface area contributed by atoms with E-state index < -0.39 is 0 Å². The van der Waals surface area contributed by atoms with Crippen LogP contribution in [0.4, 0.5) is 17.3 Å². The summed E-state index contributed by atoms with van der Waals surface area (Å²) >= 11 is 0. The lowest BCUT2D eigenvalue weighted by atomic mass is 9.89. The highest BCUT2D eigenvalue weighted by molar-refractivity contribution is 5.84. The van der Waals surface area contributed by atoms with E-state index in [1.165, 1.54) is 17.0 Å². The fraction of sp³-hybridized carbons (Fsp3) is 0.593. The standard InChI is InChI=1S/C27H40N10/c1-8-36-26-24(35(7)27(36)19-14-28-18(4)29-15-19)25(30-16-31-26)32-20-9-10-22-21(13-20)23(17(2)3)33-37(22)12-11-34(5)6/h14-17,20,27H,8-13H2,1-7H3,(H,30,31,32). The van der Waals surface area contributed by atoms with E-state index in [-0.39, 0.29) is 6.17 Å². The molecule has 0 bridgehead atoms. The lowest BCUT2D eigenvalue weighted by molar-refractivity contribution is 0.366. The van der Waals surface area contributed by atoms with E-state index >= 15 is 0 Å². The van der Waals surface area contributed by atoms with Crippen molar-refractivity contribution < 1.29 is 0 Å². The molecule has 0 radical (unpaired) electrons. The molecule has 0 saturated carbocycles. The minimum Gasteiger partial charge on any atom is -0.365 e. The lowest BCUT2D eigenvalue weighted by Crippen LogP contribution is -2.34. The molecule has 0 saturated heterocycles. The normalized spacial score (nSPS) is 19.1. The molecule has 1 aliphatic heterocycles. The molecular formula is C27H40N10. The third-order valence-corrected chi connectivity index (χ3v) is 7.55. The number of hydrogen-bond acceptors (Lipinski definition) is 9. The summed E-state index contributed by atoms with van der Waals surface area (Å²) in [4.78, 5) is 25.1. The van der Waals surface area contributed by atoms with E-state index in [0.29, 0.717) is 12.0 Å². The van der Waals surface area contributed by atoms with Gasteiger partial charge in [0.05, 0.1) is 12.2 Å². The van der Waals surface area contributed by atoms with Crippen LogP contribution in [0.2, 0.25) is 0 Å². The van der Waals surface area contributed by atoms with Crippen molar-refractivity contribution >= 4 is 17.3 Å². The molecule has 3 aromatic heterocycles. The summed E-state index contributed by atoms with van der Waals surface area (Å²) in [6.07, 6.45) is 8.53. The van der Waals surface area contributed by atoms with Crippen molar-refractivity contribution in [3.8, 4) is 0 Å². The summed E-state index contributed by atoms with van der Waals surface area (Å²) in [5, 5.41) is 8.86. The van der Waals surface area contributed by atoms with E-state index in [9.17, 15) is 0 Å². The minimum atomic E-state index is -0.0155. The summed E-state index contributed by atoms with van der Waals surface area (Å²) < 4.78 is 2.25. The van der Waals surface area contributed by atoms with Crippen LogP contribution in [0.1, 0.15) is 67.6 Å². The highest BCUT2D eigenvalue weighted by Crippen LogP contribution is 2.47. The first-order valence-electron chi connectivity index (χ1n) is 13.4. The predicted molar refractivity (Wildman–Crippen MR) is 147 cm³/mol. The topological polar surface area (TPSA) is 91.1 Å². The van der Waals surface area contributed by atoms with E-state index in [0.717, 1.165) is 67.6 Å². The summed E-state index contributed by atoms with van der Waals surface area (Å²) in [5.74, 6) is 3.01. The van der Waals surface area contributed by atoms with E-state index in [1.54, 1.807) is 6.33 Å². The summed E-state index contributed by atoms with van der Waals surface area (Å²) in [6, 6.07) is 0.292. The molecule has 2 atom stereocenters. The van der Waals surface area contributed by atoms with Gasteiger partial charge in [0, 0.05) is 49.8 Å². The van der Waals surface area contributed by atoms with Crippen LogP contribution in [0.25, 0.3) is 0 Å². The Morgan fingerprint density at radius 1 is 1.14 bits per heavy atom. The Morgan fingerprint density at radius 3 is 2.57 bits per heavy atom. The maximum Gasteiger partial charge on any atom is 0.159 e. The Hall–Kier alpha value is -3.27. The van der Waals surface area contributed by atoms with Crippen molar-refractivity contribution in [1.82, 2.24) is 34.6 Å². The molecule has 2 unspecified atom stereocenters. The first-order chi connectivity index (χ1) is 17.8. The number of aryl methyl sites for hydroxylation is 1. The highest BCUT2D eigenvalue weighted by Gasteiger charge is 2.38. The largest absolute Gasteiger partial charge is 0.365 e. The van der Waals surface area contributed by atoms with Crippen molar-refractivity contribution in [2.24, 2.45) is 0 Å². The molecule has 198 valence electrons. The van der Waals surface area contributed by atoms with Gasteiger partial charge < -0.3 is 20.0 Å². The van der Waals surface area contributed by atoms with Gasteiger partial charge in [0.15, 0.2) is 11.6 Å². The van der Waals surface area contributed by atoms with Gasteiger partial charge in [0.2, 0.25) is 0 Å². The smallest absolute Gasteiger partial charge is 0.159 e. The average molecular weight is 505 g/mol. The van der Waals surface area contributed by atoms with E-state index in [4.69, 9.17) is 15.1 Å². The molecule has 3 aromatic rings. The van der Waals surface area contributed by atoms with Gasteiger partial charge in [0.25, 0.3) is 0 Å². The molecule has 5 rings (SSSR count). The van der Waals surface area contributed by atoms with Gasteiger partial charge in [-0.2, -0.15) is 5.10 Å². The van der Waals surface area contributed by atoms with Crippen molar-refractivity contribution in [1.29, 1.82) is 0 Å². The zero-order valence-corrected chi connectivity index (χ0v) is 23.2. The van der Waals surface area contributed by atoms with Gasteiger partial charge in [-0.05, 0) is 58.7 Å². The van der Waals surface area contributed by atoms with Crippen molar-refractivity contribution in [2.45, 2.75) is 71.6 Å². The molecule has 0 aromatic carbocycles. The number of likely N-dealkylation sites (N-methyl/N-ethyl adjacent to an activating group) is 1. The molecule has 0 fully saturated rings. The number of hydrogen-bond donors (Lipinski definition) is 1. The van der Waals surface area contributed by atoms with Crippen LogP contribution in [0, 0.1) is 6.92 Å². The SMILES string of the molecule is CCN1c2ncnc(NC3CCc4c(c(C(C)C)nn4CCN(C)C)C3)c2N(C)C1c1cnc(C)nc1. The van der Waals surface area contributed by atoms with Crippen LogP contribution < -0.4 is 15.1 Å². The van der Waals surface area contributed by atoms with Crippen LogP contribution in [0.15, 0.2) is 18.7 Å². The maximum atomic E-state index is 5.06. The van der Waals surface area contributed by atoms with Crippen LogP contribution in [-0.4, -0.2) is 74.9 Å². The number of fused-ring (bicyclic) bond motifs is 2. The second-order valence-corrected chi connectivity index (χ2v) is 10.8. The van der Waals surface area contributed by atoms with Crippen molar-refractivity contribution in [2.75, 3.05) is 49.3 Å². The van der Waals surface area contributed by atoms with Crippen LogP contribution in [-0.2, 0) is 19.4 Å². The Labute approximate surface area is 220 Å². The number of anilines is 3. The van der Waals surface area contributed by atoms with E-state index in [2.05, 4.69) is 76.6 Å². The number of rotatable bonds is 8. The van der Waals surface area contributed by atoms with Gasteiger partial charge in [-0.1, -0.05) is 13.8 Å². The summed E-state index contributed by atoms with van der Waals surface area (Å²) in [5.41, 5.74) is 6.15. The molecule has 37 heavy (non-hydrogen) atoms. The van der Waals surface area contributed by atoms with Crippen LogP contribution in [0.3, 0.4) is 0 Å². The van der Waals surface area contributed by atoms with E-state index in [1.807, 2.05) is 19.3 Å². The third kappa shape index (κ3) is 4.74. The minimum absolute atomic E-state index is 0.0155. The molecule has 4 heterocycles. The second kappa shape index (κ2) is 10.2. The van der Waals surface area contributed by atoms with Gasteiger partial charge in [0.1, 0.15) is 24.0 Å².